The lowest BCUT2D eigenvalue weighted by Gasteiger charge is -2.39. The van der Waals surface area contributed by atoms with Crippen molar-refractivity contribution in [2.45, 2.75) is 32.4 Å². The number of nitrogens with one attached hydrogen (secondary N) is 1. The van der Waals surface area contributed by atoms with Gasteiger partial charge >= 0.3 is 0 Å². The van der Waals surface area contributed by atoms with Gasteiger partial charge in [0.25, 0.3) is 0 Å². The third-order valence-electron chi connectivity index (χ3n) is 3.96. The molecular formula is C12H23N3O. The van der Waals surface area contributed by atoms with E-state index < -0.39 is 0 Å². The Labute approximate surface area is 98.0 Å². The number of carbonyl (C=O) groups excluding carboxylic acids is 1. The Kier molecular flexibility index (Phi) is 3.50. The monoisotopic (exact) mass is 225 g/mol. The van der Waals surface area contributed by atoms with E-state index in [-0.39, 0.29) is 5.92 Å². The standard InChI is InChI=1S/C12H23N3O/c1-9-8-14(3)6-7-15(9)12(16)11-4-5-13-10(11)2/h9-11,13H,4-8H2,1-3H3. The van der Waals surface area contributed by atoms with Crippen LogP contribution in [0.15, 0.2) is 0 Å². The number of hydrogen-bond donors (Lipinski definition) is 1. The maximum Gasteiger partial charge on any atom is 0.227 e. The van der Waals surface area contributed by atoms with Gasteiger partial charge in [-0.3, -0.25) is 4.79 Å². The molecule has 3 atom stereocenters. The summed E-state index contributed by atoms with van der Waals surface area (Å²) in [7, 11) is 2.12. The lowest BCUT2D eigenvalue weighted by molar-refractivity contribution is -0.140. The summed E-state index contributed by atoms with van der Waals surface area (Å²) in [4.78, 5) is 16.8. The first-order valence-corrected chi connectivity index (χ1v) is 6.32. The summed E-state index contributed by atoms with van der Waals surface area (Å²) in [5.41, 5.74) is 0. The van der Waals surface area contributed by atoms with Gasteiger partial charge < -0.3 is 15.1 Å². The van der Waals surface area contributed by atoms with Crippen LogP contribution in [0, 0.1) is 5.92 Å². The third-order valence-corrected chi connectivity index (χ3v) is 3.96. The maximum absolute atomic E-state index is 12.4. The predicted molar refractivity (Wildman–Crippen MR) is 64.2 cm³/mol. The van der Waals surface area contributed by atoms with Crippen molar-refractivity contribution in [1.29, 1.82) is 0 Å². The van der Waals surface area contributed by atoms with Crippen molar-refractivity contribution < 1.29 is 4.79 Å². The molecule has 2 fully saturated rings. The second-order valence-corrected chi connectivity index (χ2v) is 5.28. The lowest BCUT2D eigenvalue weighted by atomic mass is 9.99. The van der Waals surface area contributed by atoms with Crippen molar-refractivity contribution in [1.82, 2.24) is 15.1 Å². The summed E-state index contributed by atoms with van der Waals surface area (Å²) in [6.45, 7) is 8.15. The fraction of sp³-hybridized carbons (Fsp3) is 0.917. The molecule has 4 nitrogen and oxygen atoms in total. The number of hydrogen-bond acceptors (Lipinski definition) is 3. The SMILES string of the molecule is CC1NCCC1C(=O)N1CCN(C)CC1C. The molecule has 2 heterocycles. The molecule has 16 heavy (non-hydrogen) atoms. The predicted octanol–water partition coefficient (Wildman–Crippen LogP) is 0.147. The van der Waals surface area contributed by atoms with E-state index in [9.17, 15) is 4.79 Å². The van der Waals surface area contributed by atoms with Crippen molar-refractivity contribution in [3.63, 3.8) is 0 Å². The number of amides is 1. The topological polar surface area (TPSA) is 35.6 Å². The van der Waals surface area contributed by atoms with E-state index in [0.717, 1.165) is 32.6 Å². The summed E-state index contributed by atoms with van der Waals surface area (Å²) in [6, 6.07) is 0.707. The van der Waals surface area contributed by atoms with Gasteiger partial charge in [-0.05, 0) is 33.9 Å². The summed E-state index contributed by atoms with van der Waals surface area (Å²) >= 11 is 0. The first-order chi connectivity index (χ1) is 7.59. The van der Waals surface area contributed by atoms with E-state index >= 15 is 0 Å². The Morgan fingerprint density at radius 2 is 2.06 bits per heavy atom. The Morgan fingerprint density at radius 1 is 1.31 bits per heavy atom. The first-order valence-electron chi connectivity index (χ1n) is 6.32. The molecule has 0 aromatic rings. The number of piperazine rings is 1. The van der Waals surface area contributed by atoms with Crippen LogP contribution in [-0.2, 0) is 4.79 Å². The van der Waals surface area contributed by atoms with Crippen LogP contribution < -0.4 is 5.32 Å². The Bertz CT molecular complexity index is 269. The van der Waals surface area contributed by atoms with Crippen LogP contribution in [-0.4, -0.2) is 61.0 Å². The number of rotatable bonds is 1. The van der Waals surface area contributed by atoms with Crippen molar-refractivity contribution in [2.75, 3.05) is 33.2 Å². The van der Waals surface area contributed by atoms with Crippen molar-refractivity contribution >= 4 is 5.91 Å². The molecule has 2 aliphatic heterocycles. The fourth-order valence-corrected chi connectivity index (χ4v) is 2.88. The van der Waals surface area contributed by atoms with Gasteiger partial charge in [-0.2, -0.15) is 0 Å². The molecule has 0 aliphatic carbocycles. The van der Waals surface area contributed by atoms with Gasteiger partial charge in [-0.25, -0.2) is 0 Å². The van der Waals surface area contributed by atoms with Gasteiger partial charge in [0.05, 0.1) is 5.92 Å². The summed E-state index contributed by atoms with van der Waals surface area (Å²) in [5.74, 6) is 0.559. The molecule has 2 aliphatic rings. The number of likely N-dealkylation sites (N-methyl/N-ethyl adjacent to an activating group) is 1. The van der Waals surface area contributed by atoms with Crippen LogP contribution in [0.1, 0.15) is 20.3 Å². The van der Waals surface area contributed by atoms with Crippen molar-refractivity contribution in [3.05, 3.63) is 0 Å². The van der Waals surface area contributed by atoms with Crippen LogP contribution in [0.25, 0.3) is 0 Å². The summed E-state index contributed by atoms with van der Waals surface area (Å²) in [6.07, 6.45) is 0.999. The highest BCUT2D eigenvalue weighted by molar-refractivity contribution is 5.80. The number of nitrogens with zero attached hydrogens (tertiary/aromatic N) is 2. The second kappa shape index (κ2) is 4.72. The molecular weight excluding hydrogens is 202 g/mol. The molecule has 0 spiro atoms. The van der Waals surface area contributed by atoms with E-state index in [1.165, 1.54) is 0 Å². The van der Waals surface area contributed by atoms with E-state index in [4.69, 9.17) is 0 Å². The van der Waals surface area contributed by atoms with Crippen LogP contribution in [0.5, 0.6) is 0 Å². The quantitative estimate of drug-likeness (QED) is 0.690. The van der Waals surface area contributed by atoms with Crippen LogP contribution in [0.3, 0.4) is 0 Å². The van der Waals surface area contributed by atoms with E-state index in [2.05, 4.69) is 36.0 Å². The van der Waals surface area contributed by atoms with Gasteiger partial charge in [0, 0.05) is 31.7 Å². The Morgan fingerprint density at radius 3 is 2.62 bits per heavy atom. The molecule has 92 valence electrons. The van der Waals surface area contributed by atoms with Gasteiger partial charge in [0.2, 0.25) is 5.91 Å². The molecule has 0 bridgehead atoms. The van der Waals surface area contributed by atoms with Crippen LogP contribution in [0.2, 0.25) is 0 Å². The normalized spacial score (nSPS) is 36.7. The first kappa shape index (κ1) is 11.9. The third kappa shape index (κ3) is 2.23. The minimum atomic E-state index is 0.200. The zero-order valence-corrected chi connectivity index (χ0v) is 10.6. The molecule has 0 saturated carbocycles. The lowest BCUT2D eigenvalue weighted by Crippen LogP contribution is -2.55. The molecule has 4 heteroatoms. The maximum atomic E-state index is 12.4. The average molecular weight is 225 g/mol. The summed E-state index contributed by atoms with van der Waals surface area (Å²) < 4.78 is 0. The highest BCUT2D eigenvalue weighted by Crippen LogP contribution is 2.20. The minimum absolute atomic E-state index is 0.200. The van der Waals surface area contributed by atoms with E-state index in [1.54, 1.807) is 0 Å². The average Bonchev–Trinajstić information content (AvgIpc) is 2.63. The van der Waals surface area contributed by atoms with Gasteiger partial charge in [0.1, 0.15) is 0 Å². The Hall–Kier alpha value is -0.610. The van der Waals surface area contributed by atoms with Gasteiger partial charge in [-0.1, -0.05) is 0 Å². The largest absolute Gasteiger partial charge is 0.337 e. The fourth-order valence-electron chi connectivity index (χ4n) is 2.88. The van der Waals surface area contributed by atoms with E-state index in [0.29, 0.717) is 18.0 Å². The molecule has 1 N–H and O–H groups in total. The van der Waals surface area contributed by atoms with Crippen LogP contribution >= 0.6 is 0 Å². The van der Waals surface area contributed by atoms with Gasteiger partial charge in [0.15, 0.2) is 0 Å². The highest BCUT2D eigenvalue weighted by Gasteiger charge is 2.35. The molecule has 0 aromatic heterocycles. The highest BCUT2D eigenvalue weighted by atomic mass is 16.2. The second-order valence-electron chi connectivity index (χ2n) is 5.28. The van der Waals surface area contributed by atoms with Gasteiger partial charge in [-0.15, -0.1) is 0 Å². The molecule has 1 amide bonds. The molecule has 2 rings (SSSR count). The van der Waals surface area contributed by atoms with Crippen LogP contribution in [0.4, 0.5) is 0 Å². The molecule has 3 unspecified atom stereocenters. The minimum Gasteiger partial charge on any atom is -0.337 e. The molecule has 0 aromatic carbocycles. The van der Waals surface area contributed by atoms with Crippen molar-refractivity contribution in [2.24, 2.45) is 5.92 Å². The molecule has 2 saturated heterocycles. The smallest absolute Gasteiger partial charge is 0.227 e. The number of carbonyl (C=O) groups is 1. The van der Waals surface area contributed by atoms with E-state index in [1.807, 2.05) is 0 Å². The molecule has 0 radical (unpaired) electrons. The zero-order chi connectivity index (χ0) is 11.7. The van der Waals surface area contributed by atoms with Crippen molar-refractivity contribution in [3.8, 4) is 0 Å². The zero-order valence-electron chi connectivity index (χ0n) is 10.6. The summed E-state index contributed by atoms with van der Waals surface area (Å²) in [5, 5.41) is 3.36. The Balaban J connectivity index is 1.98.